The summed E-state index contributed by atoms with van der Waals surface area (Å²) in [6.45, 7) is 3.61. The SMILES string of the molecule is C1CCNCC1.NC(N)=O.c1ccc2c(c1)CCN2. The molecule has 2 aliphatic rings. The van der Waals surface area contributed by atoms with Gasteiger partial charge in [0.2, 0.25) is 0 Å². The summed E-state index contributed by atoms with van der Waals surface area (Å²) in [7, 11) is 0. The Bertz CT molecular complexity index is 339. The van der Waals surface area contributed by atoms with E-state index >= 15 is 0 Å². The first-order valence-electron chi connectivity index (χ1n) is 6.77. The van der Waals surface area contributed by atoms with E-state index in [0.29, 0.717) is 0 Å². The molecule has 2 heterocycles. The monoisotopic (exact) mass is 264 g/mol. The zero-order valence-electron chi connectivity index (χ0n) is 11.3. The fourth-order valence-electron chi connectivity index (χ4n) is 2.04. The second-order valence-electron chi connectivity index (χ2n) is 4.55. The van der Waals surface area contributed by atoms with Crippen molar-refractivity contribution < 1.29 is 4.79 Å². The molecule has 0 aliphatic carbocycles. The number of para-hydroxylation sites is 1. The molecule has 3 rings (SSSR count). The molecule has 0 bridgehead atoms. The minimum atomic E-state index is -0.833. The Hall–Kier alpha value is -1.75. The second kappa shape index (κ2) is 9.22. The van der Waals surface area contributed by atoms with Crippen LogP contribution in [0.4, 0.5) is 10.5 Å². The molecule has 5 heteroatoms. The van der Waals surface area contributed by atoms with Gasteiger partial charge in [0.25, 0.3) is 0 Å². The number of amides is 2. The lowest BCUT2D eigenvalue weighted by molar-refractivity contribution is 0.256. The van der Waals surface area contributed by atoms with E-state index in [4.69, 9.17) is 4.79 Å². The van der Waals surface area contributed by atoms with E-state index < -0.39 is 6.03 Å². The highest BCUT2D eigenvalue weighted by Crippen LogP contribution is 2.19. The van der Waals surface area contributed by atoms with Crippen LogP contribution >= 0.6 is 0 Å². The lowest BCUT2D eigenvalue weighted by Gasteiger charge is -2.08. The topological polar surface area (TPSA) is 93.2 Å². The summed E-state index contributed by atoms with van der Waals surface area (Å²) in [5, 5.41) is 6.58. The normalized spacial score (nSPS) is 15.8. The number of primary amides is 2. The molecule has 2 aliphatic heterocycles. The maximum atomic E-state index is 9.00. The van der Waals surface area contributed by atoms with Crippen molar-refractivity contribution in [3.8, 4) is 0 Å². The van der Waals surface area contributed by atoms with Gasteiger partial charge in [-0.1, -0.05) is 24.6 Å². The molecule has 106 valence electrons. The second-order valence-corrected chi connectivity index (χ2v) is 4.55. The van der Waals surface area contributed by atoms with Crippen LogP contribution < -0.4 is 22.1 Å². The highest BCUT2D eigenvalue weighted by molar-refractivity contribution is 5.69. The number of benzene rings is 1. The first-order valence-corrected chi connectivity index (χ1v) is 6.77. The smallest absolute Gasteiger partial charge is 0.309 e. The molecule has 1 fully saturated rings. The molecule has 0 saturated carbocycles. The van der Waals surface area contributed by atoms with Gasteiger partial charge in [-0.2, -0.15) is 0 Å². The van der Waals surface area contributed by atoms with Gasteiger partial charge in [0.05, 0.1) is 0 Å². The van der Waals surface area contributed by atoms with Crippen LogP contribution in [0.2, 0.25) is 0 Å². The van der Waals surface area contributed by atoms with Gasteiger partial charge in [-0.15, -0.1) is 0 Å². The third kappa shape index (κ3) is 7.31. The summed E-state index contributed by atoms with van der Waals surface area (Å²) in [4.78, 5) is 9.00. The summed E-state index contributed by atoms with van der Waals surface area (Å²) in [5.74, 6) is 0. The lowest BCUT2D eigenvalue weighted by atomic mass is 10.2. The van der Waals surface area contributed by atoms with Crippen molar-refractivity contribution in [3.05, 3.63) is 29.8 Å². The molecule has 0 spiro atoms. The number of nitrogens with one attached hydrogen (secondary N) is 2. The van der Waals surface area contributed by atoms with Gasteiger partial charge < -0.3 is 22.1 Å². The van der Waals surface area contributed by atoms with Crippen molar-refractivity contribution in [2.45, 2.75) is 25.7 Å². The average Bonchev–Trinajstić information content (AvgIpc) is 2.89. The zero-order valence-corrected chi connectivity index (χ0v) is 11.3. The van der Waals surface area contributed by atoms with Crippen molar-refractivity contribution in [1.29, 1.82) is 0 Å². The Morgan fingerprint density at radius 1 is 1.00 bits per heavy atom. The van der Waals surface area contributed by atoms with Gasteiger partial charge in [0.1, 0.15) is 0 Å². The fourth-order valence-corrected chi connectivity index (χ4v) is 2.04. The van der Waals surface area contributed by atoms with Gasteiger partial charge >= 0.3 is 6.03 Å². The molecule has 1 aromatic carbocycles. The molecule has 0 aromatic heterocycles. The minimum absolute atomic E-state index is 0.833. The number of anilines is 1. The summed E-state index contributed by atoms with van der Waals surface area (Å²) >= 11 is 0. The molecule has 0 atom stereocenters. The van der Waals surface area contributed by atoms with E-state index in [1.165, 1.54) is 50.0 Å². The first kappa shape index (κ1) is 15.3. The molecule has 2 amide bonds. The third-order valence-electron chi connectivity index (χ3n) is 2.93. The molecule has 6 N–H and O–H groups in total. The Morgan fingerprint density at radius 2 is 1.63 bits per heavy atom. The first-order chi connectivity index (χ1) is 9.20. The lowest BCUT2D eigenvalue weighted by Crippen LogP contribution is -2.21. The van der Waals surface area contributed by atoms with E-state index in [1.807, 2.05) is 0 Å². The van der Waals surface area contributed by atoms with Gasteiger partial charge in [0, 0.05) is 12.2 Å². The number of fused-ring (bicyclic) bond motifs is 1. The average molecular weight is 264 g/mol. The molecule has 0 radical (unpaired) electrons. The predicted molar refractivity (Wildman–Crippen MR) is 79.1 cm³/mol. The van der Waals surface area contributed by atoms with Crippen LogP contribution in [-0.2, 0) is 6.42 Å². The van der Waals surface area contributed by atoms with Crippen LogP contribution in [0.5, 0.6) is 0 Å². The fraction of sp³-hybridized carbons (Fsp3) is 0.500. The number of rotatable bonds is 0. The number of hydrogen-bond donors (Lipinski definition) is 4. The van der Waals surface area contributed by atoms with Crippen LogP contribution in [0.3, 0.4) is 0 Å². The number of carbonyl (C=O) groups is 1. The maximum Gasteiger partial charge on any atom is 0.309 e. The van der Waals surface area contributed by atoms with Crippen LogP contribution in [0.25, 0.3) is 0 Å². The van der Waals surface area contributed by atoms with Gasteiger partial charge in [0.15, 0.2) is 0 Å². The van der Waals surface area contributed by atoms with Crippen molar-refractivity contribution in [2.24, 2.45) is 11.5 Å². The van der Waals surface area contributed by atoms with Gasteiger partial charge in [-0.3, -0.25) is 0 Å². The number of piperidine rings is 1. The Labute approximate surface area is 114 Å². The van der Waals surface area contributed by atoms with Crippen LogP contribution in [-0.4, -0.2) is 25.7 Å². The molecular formula is C14H24N4O. The van der Waals surface area contributed by atoms with E-state index in [-0.39, 0.29) is 0 Å². The highest BCUT2D eigenvalue weighted by Gasteiger charge is 2.05. The van der Waals surface area contributed by atoms with Crippen molar-refractivity contribution in [1.82, 2.24) is 5.32 Å². The third-order valence-corrected chi connectivity index (χ3v) is 2.93. The van der Waals surface area contributed by atoms with Crippen LogP contribution in [0, 0.1) is 0 Å². The number of urea groups is 1. The molecule has 1 saturated heterocycles. The standard InChI is InChI=1S/C8H9N.C5H11N.CH4N2O/c1-2-4-8-7(3-1)5-6-9-8;1-2-4-6-5-3-1;2-1(3)4/h1-4,9H,5-6H2;6H,1-5H2;(H4,2,3,4). The molecular weight excluding hydrogens is 240 g/mol. The number of hydrogen-bond acceptors (Lipinski definition) is 3. The Morgan fingerprint density at radius 3 is 2.11 bits per heavy atom. The summed E-state index contributed by atoms with van der Waals surface area (Å²) in [6, 6.07) is 7.63. The van der Waals surface area contributed by atoms with Gasteiger partial charge in [-0.25, -0.2) is 4.79 Å². The summed E-state index contributed by atoms with van der Waals surface area (Å²) in [6.07, 6.45) is 5.41. The van der Waals surface area contributed by atoms with E-state index in [9.17, 15) is 0 Å². The molecule has 1 aromatic rings. The van der Waals surface area contributed by atoms with E-state index in [0.717, 1.165) is 6.54 Å². The summed E-state index contributed by atoms with van der Waals surface area (Å²) in [5.41, 5.74) is 11.3. The van der Waals surface area contributed by atoms with Crippen LogP contribution in [0.1, 0.15) is 24.8 Å². The molecule has 0 unspecified atom stereocenters. The van der Waals surface area contributed by atoms with E-state index in [2.05, 4.69) is 46.4 Å². The molecule has 19 heavy (non-hydrogen) atoms. The minimum Gasteiger partial charge on any atom is -0.384 e. The van der Waals surface area contributed by atoms with Crippen molar-refractivity contribution in [3.63, 3.8) is 0 Å². The van der Waals surface area contributed by atoms with Gasteiger partial charge in [-0.05, 0) is 44.0 Å². The summed E-state index contributed by atoms with van der Waals surface area (Å²) < 4.78 is 0. The number of nitrogens with two attached hydrogens (primary N) is 2. The maximum absolute atomic E-state index is 9.00. The Kier molecular flexibility index (Phi) is 7.43. The predicted octanol–water partition coefficient (Wildman–Crippen LogP) is 1.44. The molecule has 5 nitrogen and oxygen atoms in total. The van der Waals surface area contributed by atoms with Crippen LogP contribution in [0.15, 0.2) is 24.3 Å². The largest absolute Gasteiger partial charge is 0.384 e. The highest BCUT2D eigenvalue weighted by atomic mass is 16.2. The number of carbonyl (C=O) groups excluding carboxylic acids is 1. The Balaban J connectivity index is 0.000000158. The van der Waals surface area contributed by atoms with E-state index in [1.54, 1.807) is 0 Å². The zero-order chi connectivity index (χ0) is 13.9. The van der Waals surface area contributed by atoms with Crippen molar-refractivity contribution >= 4 is 11.7 Å². The van der Waals surface area contributed by atoms with Crippen molar-refractivity contribution in [2.75, 3.05) is 25.0 Å². The quantitative estimate of drug-likeness (QED) is 0.571.